The number of benzene rings is 1. The summed E-state index contributed by atoms with van der Waals surface area (Å²) in [7, 11) is 0. The van der Waals surface area contributed by atoms with Gasteiger partial charge in [-0.1, -0.05) is 49.5 Å². The highest BCUT2D eigenvalue weighted by molar-refractivity contribution is 6.03. The minimum atomic E-state index is -0.502. The molecular formula is C37H43N3O5. The molecule has 2 aliphatic heterocycles. The van der Waals surface area contributed by atoms with Gasteiger partial charge in [0, 0.05) is 50.9 Å². The van der Waals surface area contributed by atoms with E-state index in [0.717, 1.165) is 69.7 Å². The molecule has 0 spiro atoms. The number of hydrogen-bond acceptors (Lipinski definition) is 8. The van der Waals surface area contributed by atoms with E-state index >= 15 is 0 Å². The molecule has 6 rings (SSSR count). The summed E-state index contributed by atoms with van der Waals surface area (Å²) in [5.41, 5.74) is 4.27. The smallest absolute Gasteiger partial charge is 0.341 e. The summed E-state index contributed by atoms with van der Waals surface area (Å²) in [6, 6.07) is 3.47. The summed E-state index contributed by atoms with van der Waals surface area (Å²) >= 11 is 0. The zero-order chi connectivity index (χ0) is 31.3. The zero-order valence-corrected chi connectivity index (χ0v) is 26.6. The van der Waals surface area contributed by atoms with E-state index in [0.29, 0.717) is 29.6 Å². The van der Waals surface area contributed by atoms with E-state index < -0.39 is 5.97 Å². The monoisotopic (exact) mass is 609 g/mol. The summed E-state index contributed by atoms with van der Waals surface area (Å²) in [5.74, 6) is 0.988. The Balaban J connectivity index is 1.09. The molecule has 0 radical (unpaired) electrons. The molecule has 1 aromatic heterocycles. The Morgan fingerprint density at radius 1 is 1.11 bits per heavy atom. The molecule has 236 valence electrons. The van der Waals surface area contributed by atoms with Gasteiger partial charge >= 0.3 is 5.97 Å². The number of piperazine rings is 1. The van der Waals surface area contributed by atoms with Crippen molar-refractivity contribution in [3.8, 4) is 5.75 Å². The van der Waals surface area contributed by atoms with Gasteiger partial charge in [0.15, 0.2) is 11.3 Å². The van der Waals surface area contributed by atoms with Crippen LogP contribution >= 0.6 is 0 Å². The van der Waals surface area contributed by atoms with Gasteiger partial charge in [0.2, 0.25) is 11.2 Å². The third kappa shape index (κ3) is 6.97. The number of rotatable bonds is 10. The second-order valence-corrected chi connectivity index (χ2v) is 12.3. The molecule has 1 aromatic carbocycles. The Labute approximate surface area is 265 Å². The Morgan fingerprint density at radius 2 is 1.93 bits per heavy atom. The van der Waals surface area contributed by atoms with E-state index in [1.54, 1.807) is 19.1 Å². The van der Waals surface area contributed by atoms with Gasteiger partial charge in [0.1, 0.15) is 5.56 Å². The molecule has 45 heavy (non-hydrogen) atoms. The third-order valence-electron chi connectivity index (χ3n) is 8.94. The number of nitrogens with zero attached hydrogens (tertiary/aromatic N) is 3. The van der Waals surface area contributed by atoms with Crippen molar-refractivity contribution in [1.82, 2.24) is 9.80 Å². The second-order valence-electron chi connectivity index (χ2n) is 12.3. The number of aliphatic imine (C=N–C) groups is 1. The van der Waals surface area contributed by atoms with Crippen LogP contribution in [0.1, 0.15) is 54.8 Å². The first-order valence-electron chi connectivity index (χ1n) is 16.3. The minimum Gasteiger partial charge on any atom is -0.486 e. The number of allylic oxidation sites excluding steroid dienone is 9. The lowest BCUT2D eigenvalue weighted by molar-refractivity contribution is 0.0527. The first kappa shape index (κ1) is 31.0. The lowest BCUT2D eigenvalue weighted by Gasteiger charge is -2.35. The van der Waals surface area contributed by atoms with Crippen molar-refractivity contribution >= 4 is 28.2 Å². The largest absolute Gasteiger partial charge is 0.486 e. The molecule has 0 saturated carbocycles. The molecule has 0 bridgehead atoms. The average molecular weight is 610 g/mol. The van der Waals surface area contributed by atoms with E-state index in [1.165, 1.54) is 11.4 Å². The molecule has 1 saturated heterocycles. The van der Waals surface area contributed by atoms with E-state index in [4.69, 9.17) is 18.9 Å². The fraction of sp³-hybridized carbons (Fsp3) is 0.432. The van der Waals surface area contributed by atoms with Crippen LogP contribution in [0.2, 0.25) is 0 Å². The molecule has 2 aliphatic carbocycles. The quantitative estimate of drug-likeness (QED) is 0.237. The summed E-state index contributed by atoms with van der Waals surface area (Å²) in [4.78, 5) is 36.5. The van der Waals surface area contributed by atoms with E-state index in [-0.39, 0.29) is 28.9 Å². The normalized spacial score (nSPS) is 21.7. The maximum absolute atomic E-state index is 13.9. The van der Waals surface area contributed by atoms with Crippen LogP contribution in [-0.4, -0.2) is 74.0 Å². The number of carbonyl (C=O) groups excluding carboxylic acids is 1. The van der Waals surface area contributed by atoms with Crippen molar-refractivity contribution in [3.63, 3.8) is 0 Å². The second kappa shape index (κ2) is 14.0. The number of fused-ring (bicyclic) bond motifs is 2. The van der Waals surface area contributed by atoms with Crippen LogP contribution < -0.4 is 10.2 Å². The molecule has 3 heterocycles. The molecule has 2 aromatic rings. The van der Waals surface area contributed by atoms with Gasteiger partial charge in [0.25, 0.3) is 0 Å². The Bertz CT molecular complexity index is 1680. The zero-order valence-electron chi connectivity index (χ0n) is 26.6. The molecule has 8 nitrogen and oxygen atoms in total. The van der Waals surface area contributed by atoms with Crippen LogP contribution in [0.25, 0.3) is 16.5 Å². The summed E-state index contributed by atoms with van der Waals surface area (Å²) in [6.07, 6.45) is 19.3. The van der Waals surface area contributed by atoms with Crippen LogP contribution in [0.15, 0.2) is 80.6 Å². The van der Waals surface area contributed by atoms with Crippen LogP contribution in [-0.2, 0) is 4.74 Å². The number of carbonyl (C=O) groups is 1. The Hall–Kier alpha value is -4.01. The fourth-order valence-corrected chi connectivity index (χ4v) is 6.59. The Kier molecular flexibility index (Phi) is 9.61. The van der Waals surface area contributed by atoms with Crippen molar-refractivity contribution in [2.75, 3.05) is 52.5 Å². The first-order valence-corrected chi connectivity index (χ1v) is 16.3. The fourth-order valence-electron chi connectivity index (χ4n) is 6.59. The van der Waals surface area contributed by atoms with E-state index in [1.807, 2.05) is 19.1 Å². The van der Waals surface area contributed by atoms with Gasteiger partial charge in [-0.25, -0.2) is 4.79 Å². The van der Waals surface area contributed by atoms with Gasteiger partial charge < -0.3 is 18.8 Å². The lowest BCUT2D eigenvalue weighted by Crippen LogP contribution is -2.47. The average Bonchev–Trinajstić information content (AvgIpc) is 3.05. The Morgan fingerprint density at radius 3 is 2.71 bits per heavy atom. The molecule has 0 N–H and O–H groups in total. The van der Waals surface area contributed by atoms with Crippen LogP contribution in [0.3, 0.4) is 0 Å². The van der Waals surface area contributed by atoms with Gasteiger partial charge in [-0.15, -0.1) is 0 Å². The number of ether oxygens (including phenoxy) is 2. The lowest BCUT2D eigenvalue weighted by atomic mass is 9.84. The molecular weight excluding hydrogens is 566 g/mol. The minimum absolute atomic E-state index is 0.219. The van der Waals surface area contributed by atoms with Gasteiger partial charge in [0.05, 0.1) is 24.3 Å². The summed E-state index contributed by atoms with van der Waals surface area (Å²) in [6.45, 7) is 12.3. The first-order chi connectivity index (χ1) is 21.9. The van der Waals surface area contributed by atoms with E-state index in [2.05, 4.69) is 53.2 Å². The molecule has 2 unspecified atom stereocenters. The molecule has 0 amide bonds. The molecule has 1 fully saturated rings. The van der Waals surface area contributed by atoms with E-state index in [9.17, 15) is 9.59 Å². The summed E-state index contributed by atoms with van der Waals surface area (Å²) in [5, 5.41) is 0.332. The van der Waals surface area contributed by atoms with Crippen LogP contribution in [0.5, 0.6) is 5.75 Å². The predicted octanol–water partition coefficient (Wildman–Crippen LogP) is 6.11. The standard InChI is InChI=1S/C37H43N3O5/c1-4-43-37(42)31-22-25(2)21-30-33(41)36(34(45-35(30)31)27-11-6-5-7-12-27)44-20-10-15-39-16-18-40(19-17-39)24-28-23-26(3)29-13-8-9-14-32(29)38-28/h5-6,8-9,11,13-14,21-23,26,29H,4,7,10,12,15-20,24H2,1-3H3. The van der Waals surface area contributed by atoms with Gasteiger partial charge in [-0.3, -0.25) is 14.7 Å². The number of hydrogen-bond donors (Lipinski definition) is 0. The highest BCUT2D eigenvalue weighted by Gasteiger charge is 2.26. The maximum Gasteiger partial charge on any atom is 0.341 e. The van der Waals surface area contributed by atoms with Crippen molar-refractivity contribution in [2.24, 2.45) is 16.8 Å². The van der Waals surface area contributed by atoms with Crippen molar-refractivity contribution in [1.29, 1.82) is 0 Å². The van der Waals surface area contributed by atoms with Gasteiger partial charge in [-0.05, 0) is 68.4 Å². The maximum atomic E-state index is 13.9. The molecule has 2 atom stereocenters. The third-order valence-corrected chi connectivity index (χ3v) is 8.94. The predicted molar refractivity (Wildman–Crippen MR) is 179 cm³/mol. The van der Waals surface area contributed by atoms with Crippen molar-refractivity contribution in [3.05, 3.63) is 93.5 Å². The van der Waals surface area contributed by atoms with Crippen molar-refractivity contribution in [2.45, 2.75) is 40.0 Å². The van der Waals surface area contributed by atoms with Crippen LogP contribution in [0, 0.1) is 18.8 Å². The highest BCUT2D eigenvalue weighted by atomic mass is 16.5. The molecule has 4 aliphatic rings. The molecule has 8 heteroatoms. The topological polar surface area (TPSA) is 84.6 Å². The van der Waals surface area contributed by atoms with Crippen molar-refractivity contribution < 1.29 is 18.7 Å². The summed E-state index contributed by atoms with van der Waals surface area (Å²) < 4.78 is 17.9. The van der Waals surface area contributed by atoms with Gasteiger partial charge in [-0.2, -0.15) is 0 Å². The van der Waals surface area contributed by atoms with Crippen LogP contribution in [0.4, 0.5) is 0 Å². The highest BCUT2D eigenvalue weighted by Crippen LogP contribution is 2.34. The number of aryl methyl sites for hydroxylation is 1. The number of esters is 1. The SMILES string of the molecule is CCOC(=O)c1cc(C)cc2c(=O)c(OCCCN3CCN(CC4=CC(C)C5C=CC=CC5=N4)CC3)c(C3=CC=CCC3)oc12.